The summed E-state index contributed by atoms with van der Waals surface area (Å²) in [6.07, 6.45) is 3.24. The van der Waals surface area contributed by atoms with E-state index < -0.39 is 5.97 Å². The van der Waals surface area contributed by atoms with Crippen molar-refractivity contribution in [2.75, 3.05) is 14.2 Å². The molecule has 0 amide bonds. The fourth-order valence-corrected chi connectivity index (χ4v) is 1.43. The largest absolute Gasteiger partial charge is 0.496 e. The van der Waals surface area contributed by atoms with Crippen LogP contribution in [0.25, 0.3) is 11.3 Å². The predicted octanol–water partition coefficient (Wildman–Crippen LogP) is 1.27. The van der Waals surface area contributed by atoms with Crippen LogP contribution in [0.1, 0.15) is 10.5 Å². The molecule has 0 radical (unpaired) electrons. The molecule has 2 heterocycles. The third-order valence-electron chi connectivity index (χ3n) is 2.26. The molecule has 2 aromatic rings. The number of rotatable bonds is 3. The summed E-state index contributed by atoms with van der Waals surface area (Å²) in [4.78, 5) is 15.3. The predicted molar refractivity (Wildman–Crippen MR) is 59.7 cm³/mol. The lowest BCUT2D eigenvalue weighted by atomic mass is 10.2. The molecule has 0 spiro atoms. The number of esters is 1. The van der Waals surface area contributed by atoms with E-state index in [0.717, 1.165) is 0 Å². The molecule has 0 atom stereocenters. The number of nitrogens with one attached hydrogen (secondary N) is 1. The van der Waals surface area contributed by atoms with E-state index in [0.29, 0.717) is 17.0 Å². The summed E-state index contributed by atoms with van der Waals surface area (Å²) in [5.74, 6) is 0.175. The summed E-state index contributed by atoms with van der Waals surface area (Å²) < 4.78 is 9.77. The number of ether oxygens (including phenoxy) is 2. The maximum Gasteiger partial charge on any atom is 0.356 e. The van der Waals surface area contributed by atoms with Crippen molar-refractivity contribution < 1.29 is 14.3 Å². The second-order valence-electron chi connectivity index (χ2n) is 3.23. The van der Waals surface area contributed by atoms with Gasteiger partial charge in [0.25, 0.3) is 0 Å². The zero-order valence-corrected chi connectivity index (χ0v) is 9.43. The van der Waals surface area contributed by atoms with E-state index in [4.69, 9.17) is 4.74 Å². The van der Waals surface area contributed by atoms with Gasteiger partial charge in [-0.05, 0) is 12.1 Å². The van der Waals surface area contributed by atoms with Gasteiger partial charge in [0, 0.05) is 12.4 Å². The summed E-state index contributed by atoms with van der Waals surface area (Å²) in [5.41, 5.74) is 1.57. The molecule has 0 aliphatic rings. The van der Waals surface area contributed by atoms with Gasteiger partial charge in [-0.2, -0.15) is 5.10 Å². The SMILES string of the molecule is COC(=O)c1cc(-c2cnccc2OC)n[nH]1. The zero-order valence-electron chi connectivity index (χ0n) is 9.43. The van der Waals surface area contributed by atoms with Crippen molar-refractivity contribution in [3.05, 3.63) is 30.2 Å². The Kier molecular flexibility index (Phi) is 3.04. The fourth-order valence-electron chi connectivity index (χ4n) is 1.43. The highest BCUT2D eigenvalue weighted by molar-refractivity contribution is 5.88. The van der Waals surface area contributed by atoms with Crippen molar-refractivity contribution in [1.29, 1.82) is 0 Å². The summed E-state index contributed by atoms with van der Waals surface area (Å²) >= 11 is 0. The van der Waals surface area contributed by atoms with E-state index in [1.807, 2.05) is 0 Å². The Labute approximate surface area is 97.6 Å². The smallest absolute Gasteiger partial charge is 0.356 e. The molecule has 6 nitrogen and oxygen atoms in total. The van der Waals surface area contributed by atoms with Crippen LogP contribution in [-0.2, 0) is 4.74 Å². The maximum atomic E-state index is 11.3. The van der Waals surface area contributed by atoms with Crippen molar-refractivity contribution in [2.45, 2.75) is 0 Å². The number of aromatic nitrogens is 3. The lowest BCUT2D eigenvalue weighted by Gasteiger charge is -2.03. The van der Waals surface area contributed by atoms with Gasteiger partial charge in [-0.15, -0.1) is 0 Å². The van der Waals surface area contributed by atoms with Crippen molar-refractivity contribution in [3.8, 4) is 17.0 Å². The molecule has 0 saturated heterocycles. The first kappa shape index (κ1) is 11.1. The van der Waals surface area contributed by atoms with Crippen LogP contribution in [0.4, 0.5) is 0 Å². The average Bonchev–Trinajstić information content (AvgIpc) is 2.87. The van der Waals surface area contributed by atoms with E-state index >= 15 is 0 Å². The molecule has 0 fully saturated rings. The molecular weight excluding hydrogens is 222 g/mol. The highest BCUT2D eigenvalue weighted by Crippen LogP contribution is 2.27. The first-order valence-corrected chi connectivity index (χ1v) is 4.88. The number of nitrogens with zero attached hydrogens (tertiary/aromatic N) is 2. The third-order valence-corrected chi connectivity index (χ3v) is 2.26. The normalized spacial score (nSPS) is 10.0. The van der Waals surface area contributed by atoms with Crippen LogP contribution in [0.2, 0.25) is 0 Å². The van der Waals surface area contributed by atoms with Crippen molar-refractivity contribution in [2.24, 2.45) is 0 Å². The Hall–Kier alpha value is -2.37. The minimum absolute atomic E-state index is 0.286. The zero-order chi connectivity index (χ0) is 12.3. The number of pyridine rings is 1. The fraction of sp³-hybridized carbons (Fsp3) is 0.182. The molecule has 0 unspecified atom stereocenters. The Morgan fingerprint density at radius 1 is 1.41 bits per heavy atom. The summed E-state index contributed by atoms with van der Waals surface area (Å²) in [6.45, 7) is 0. The summed E-state index contributed by atoms with van der Waals surface area (Å²) in [7, 11) is 2.88. The number of carbonyl (C=O) groups excluding carboxylic acids is 1. The first-order chi connectivity index (χ1) is 8.26. The standard InChI is InChI=1S/C11H11N3O3/c1-16-10-3-4-12-6-7(10)8-5-9(14-13-8)11(15)17-2/h3-6H,1-2H3,(H,13,14). The molecule has 0 aliphatic heterocycles. The quantitative estimate of drug-likeness (QED) is 0.808. The van der Waals surface area contributed by atoms with Gasteiger partial charge in [0.2, 0.25) is 0 Å². The Morgan fingerprint density at radius 3 is 2.94 bits per heavy atom. The topological polar surface area (TPSA) is 77.1 Å². The van der Waals surface area contributed by atoms with Crippen molar-refractivity contribution >= 4 is 5.97 Å². The van der Waals surface area contributed by atoms with E-state index in [1.54, 1.807) is 31.6 Å². The maximum absolute atomic E-state index is 11.3. The number of carbonyl (C=O) groups is 1. The Bertz CT molecular complexity index is 536. The molecule has 6 heteroatoms. The summed E-state index contributed by atoms with van der Waals surface area (Å²) in [6, 6.07) is 3.31. The first-order valence-electron chi connectivity index (χ1n) is 4.88. The molecule has 0 bridgehead atoms. The van der Waals surface area contributed by atoms with Crippen LogP contribution in [0.3, 0.4) is 0 Å². The molecule has 2 aromatic heterocycles. The van der Waals surface area contributed by atoms with Crippen LogP contribution >= 0.6 is 0 Å². The van der Waals surface area contributed by atoms with Gasteiger partial charge in [0.1, 0.15) is 11.4 Å². The highest BCUT2D eigenvalue weighted by Gasteiger charge is 2.13. The molecular formula is C11H11N3O3. The number of hydrogen-bond donors (Lipinski definition) is 1. The highest BCUT2D eigenvalue weighted by atomic mass is 16.5. The van der Waals surface area contributed by atoms with Crippen LogP contribution in [0.15, 0.2) is 24.5 Å². The minimum Gasteiger partial charge on any atom is -0.496 e. The van der Waals surface area contributed by atoms with E-state index in [2.05, 4.69) is 19.9 Å². The number of aromatic amines is 1. The monoisotopic (exact) mass is 233 g/mol. The second-order valence-corrected chi connectivity index (χ2v) is 3.23. The molecule has 2 rings (SSSR count). The van der Waals surface area contributed by atoms with Crippen molar-refractivity contribution in [1.82, 2.24) is 15.2 Å². The van der Waals surface area contributed by atoms with E-state index in [-0.39, 0.29) is 5.69 Å². The van der Waals surface area contributed by atoms with Crippen LogP contribution in [0, 0.1) is 0 Å². The number of methoxy groups -OCH3 is 2. The molecule has 17 heavy (non-hydrogen) atoms. The van der Waals surface area contributed by atoms with Gasteiger partial charge in [-0.25, -0.2) is 4.79 Å². The Morgan fingerprint density at radius 2 is 2.24 bits per heavy atom. The molecule has 0 aliphatic carbocycles. The number of hydrogen-bond acceptors (Lipinski definition) is 5. The molecule has 1 N–H and O–H groups in total. The lowest BCUT2D eigenvalue weighted by Crippen LogP contribution is -2.00. The van der Waals surface area contributed by atoms with Crippen LogP contribution in [-0.4, -0.2) is 35.4 Å². The van der Waals surface area contributed by atoms with Gasteiger partial charge in [0.05, 0.1) is 25.5 Å². The van der Waals surface area contributed by atoms with Crippen molar-refractivity contribution in [3.63, 3.8) is 0 Å². The average molecular weight is 233 g/mol. The lowest BCUT2D eigenvalue weighted by molar-refractivity contribution is 0.0594. The van der Waals surface area contributed by atoms with Crippen LogP contribution < -0.4 is 4.74 Å². The summed E-state index contributed by atoms with van der Waals surface area (Å²) in [5, 5.41) is 6.62. The molecule has 0 saturated carbocycles. The third kappa shape index (κ3) is 2.10. The number of H-pyrrole nitrogens is 1. The van der Waals surface area contributed by atoms with Gasteiger partial charge >= 0.3 is 5.97 Å². The minimum atomic E-state index is -0.466. The van der Waals surface area contributed by atoms with E-state index in [1.165, 1.54) is 7.11 Å². The Balaban J connectivity index is 2.40. The van der Waals surface area contributed by atoms with E-state index in [9.17, 15) is 4.79 Å². The molecule has 88 valence electrons. The second kappa shape index (κ2) is 4.65. The van der Waals surface area contributed by atoms with Gasteiger partial charge in [0.15, 0.2) is 0 Å². The van der Waals surface area contributed by atoms with Gasteiger partial charge in [-0.1, -0.05) is 0 Å². The molecule has 0 aromatic carbocycles. The van der Waals surface area contributed by atoms with Crippen LogP contribution in [0.5, 0.6) is 5.75 Å². The van der Waals surface area contributed by atoms with Gasteiger partial charge < -0.3 is 9.47 Å². The van der Waals surface area contributed by atoms with Gasteiger partial charge in [-0.3, -0.25) is 10.1 Å².